The number of ether oxygens (including phenoxy) is 1. The smallest absolute Gasteiger partial charge is 0.306 e. The van der Waals surface area contributed by atoms with Crippen LogP contribution in [0.2, 0.25) is 0 Å². The Morgan fingerprint density at radius 2 is 0.977 bits per heavy atom. The molecule has 0 saturated heterocycles. The highest BCUT2D eigenvalue weighted by Crippen LogP contribution is 2.17. The molecule has 0 spiro atoms. The van der Waals surface area contributed by atoms with Crippen LogP contribution in [0.4, 0.5) is 0 Å². The lowest BCUT2D eigenvalue weighted by Gasteiger charge is -2.17. The van der Waals surface area contributed by atoms with Gasteiger partial charge in [0.1, 0.15) is 6.10 Å². The molecule has 0 aromatic heterocycles. The zero-order chi connectivity index (χ0) is 31.5. The Hall–Kier alpha value is -2.36. The molecule has 43 heavy (non-hydrogen) atoms. The number of esters is 1. The third-order valence-electron chi connectivity index (χ3n) is 7.48. The van der Waals surface area contributed by atoms with Crippen molar-refractivity contribution in [3.8, 4) is 0 Å². The summed E-state index contributed by atoms with van der Waals surface area (Å²) in [7, 11) is 0. The molecular weight excluding hydrogens is 532 g/mol. The fourth-order valence-electron chi connectivity index (χ4n) is 4.97. The number of rotatable bonds is 31. The Kier molecular flexibility index (Phi) is 32.3. The molecule has 0 saturated carbocycles. The number of carbonyl (C=O) groups is 2. The van der Waals surface area contributed by atoms with E-state index < -0.39 is 5.97 Å². The van der Waals surface area contributed by atoms with Crippen LogP contribution < -0.4 is 0 Å². The van der Waals surface area contributed by atoms with Crippen LogP contribution in [0.5, 0.6) is 0 Å². The second-order valence-corrected chi connectivity index (χ2v) is 11.7. The summed E-state index contributed by atoms with van der Waals surface area (Å²) in [6, 6.07) is 0. The maximum Gasteiger partial charge on any atom is 0.306 e. The van der Waals surface area contributed by atoms with Crippen LogP contribution in [0.15, 0.2) is 60.8 Å². The zero-order valence-corrected chi connectivity index (χ0v) is 28.0. The Balaban J connectivity index is 3.65. The van der Waals surface area contributed by atoms with Crippen LogP contribution in [0.25, 0.3) is 0 Å². The monoisotopic (exact) mass is 598 g/mol. The van der Waals surface area contributed by atoms with Gasteiger partial charge in [0, 0.05) is 12.8 Å². The first-order valence-electron chi connectivity index (χ1n) is 17.8. The van der Waals surface area contributed by atoms with E-state index in [9.17, 15) is 9.59 Å². The van der Waals surface area contributed by atoms with Gasteiger partial charge in [-0.15, -0.1) is 0 Å². The van der Waals surface area contributed by atoms with Gasteiger partial charge in [-0.25, -0.2) is 0 Å². The molecule has 4 nitrogen and oxygen atoms in total. The third kappa shape index (κ3) is 34.0. The lowest BCUT2D eigenvalue weighted by Crippen LogP contribution is -2.18. The molecule has 1 N–H and O–H groups in total. The number of carboxylic acids is 1. The van der Waals surface area contributed by atoms with Gasteiger partial charge >= 0.3 is 11.9 Å². The number of allylic oxidation sites excluding steroid dienone is 10. The number of carbonyl (C=O) groups excluding carboxylic acids is 1. The van der Waals surface area contributed by atoms with E-state index in [1.807, 2.05) is 0 Å². The summed E-state index contributed by atoms with van der Waals surface area (Å²) in [4.78, 5) is 22.9. The third-order valence-corrected chi connectivity index (χ3v) is 7.48. The summed E-state index contributed by atoms with van der Waals surface area (Å²) >= 11 is 0. The van der Waals surface area contributed by atoms with E-state index in [0.717, 1.165) is 96.3 Å². The van der Waals surface area contributed by atoms with E-state index in [4.69, 9.17) is 9.84 Å². The number of carboxylic acid groups (broad SMARTS) is 1. The van der Waals surface area contributed by atoms with Crippen molar-refractivity contribution in [2.45, 2.75) is 174 Å². The molecular formula is C39H66O4. The van der Waals surface area contributed by atoms with Crippen molar-refractivity contribution in [3.05, 3.63) is 60.8 Å². The predicted molar refractivity (Wildman–Crippen MR) is 185 cm³/mol. The Bertz CT molecular complexity index is 774. The largest absolute Gasteiger partial charge is 0.481 e. The van der Waals surface area contributed by atoms with Gasteiger partial charge < -0.3 is 9.84 Å². The highest BCUT2D eigenvalue weighted by atomic mass is 16.5. The zero-order valence-electron chi connectivity index (χ0n) is 28.0. The summed E-state index contributed by atoms with van der Waals surface area (Å²) in [5, 5.41) is 8.67. The van der Waals surface area contributed by atoms with Crippen molar-refractivity contribution in [2.24, 2.45) is 0 Å². The normalized spacial score (nSPS) is 13.0. The fourth-order valence-corrected chi connectivity index (χ4v) is 4.97. The minimum absolute atomic E-state index is 0.0152. The molecule has 0 amide bonds. The van der Waals surface area contributed by atoms with Gasteiger partial charge in [-0.3, -0.25) is 9.59 Å². The average Bonchev–Trinajstić information content (AvgIpc) is 2.98. The molecule has 0 aliphatic rings. The van der Waals surface area contributed by atoms with Crippen molar-refractivity contribution in [2.75, 3.05) is 0 Å². The molecule has 1 atom stereocenters. The van der Waals surface area contributed by atoms with Crippen molar-refractivity contribution in [1.29, 1.82) is 0 Å². The second-order valence-electron chi connectivity index (χ2n) is 11.7. The van der Waals surface area contributed by atoms with Gasteiger partial charge in [0.05, 0.1) is 0 Å². The molecule has 0 aliphatic heterocycles. The standard InChI is InChI=1S/C39H66O4/c1-3-5-6-7-8-9-10-11-12-13-14-15-16-17-18-19-20-21-26-29-32-36-39(42)43-37(33-4-2)34-30-27-24-22-23-25-28-31-35-38(40)41/h5-6,8-9,11-12,14-15,17-18,37H,3-4,7,10,13,16,19-36H2,1-2H3,(H,40,41)/b6-5-,9-8-,12-11-,15-14-,18-17-. The summed E-state index contributed by atoms with van der Waals surface area (Å²) < 4.78 is 5.82. The first kappa shape index (κ1) is 40.6. The molecule has 0 fully saturated rings. The van der Waals surface area contributed by atoms with E-state index in [1.165, 1.54) is 44.9 Å². The minimum Gasteiger partial charge on any atom is -0.481 e. The highest BCUT2D eigenvalue weighted by molar-refractivity contribution is 5.69. The van der Waals surface area contributed by atoms with Gasteiger partial charge in [-0.2, -0.15) is 0 Å². The van der Waals surface area contributed by atoms with Gasteiger partial charge in [0.15, 0.2) is 0 Å². The summed E-state index contributed by atoms with van der Waals surface area (Å²) in [6.45, 7) is 4.32. The molecule has 0 rings (SSSR count). The van der Waals surface area contributed by atoms with Crippen molar-refractivity contribution in [3.63, 3.8) is 0 Å². The van der Waals surface area contributed by atoms with Crippen LogP contribution in [-0.2, 0) is 14.3 Å². The molecule has 0 aromatic rings. The Morgan fingerprint density at radius 1 is 0.535 bits per heavy atom. The first-order chi connectivity index (χ1) is 21.1. The maximum atomic E-state index is 12.3. The van der Waals surface area contributed by atoms with Gasteiger partial charge in [-0.1, -0.05) is 139 Å². The van der Waals surface area contributed by atoms with Crippen molar-refractivity contribution < 1.29 is 19.4 Å². The maximum absolute atomic E-state index is 12.3. The van der Waals surface area contributed by atoms with Crippen molar-refractivity contribution in [1.82, 2.24) is 0 Å². The summed E-state index contributed by atoms with van der Waals surface area (Å²) in [6.07, 6.45) is 47.2. The average molecular weight is 599 g/mol. The van der Waals surface area contributed by atoms with E-state index in [2.05, 4.69) is 74.6 Å². The molecule has 0 heterocycles. The number of unbranched alkanes of at least 4 members (excludes halogenated alkanes) is 12. The van der Waals surface area contributed by atoms with E-state index in [0.29, 0.717) is 12.8 Å². The molecule has 4 heteroatoms. The van der Waals surface area contributed by atoms with E-state index in [1.54, 1.807) is 0 Å². The molecule has 1 unspecified atom stereocenters. The first-order valence-corrected chi connectivity index (χ1v) is 17.8. The van der Waals surface area contributed by atoms with E-state index in [-0.39, 0.29) is 12.1 Å². The number of hydrogen-bond donors (Lipinski definition) is 1. The summed E-state index contributed by atoms with van der Waals surface area (Å²) in [5.41, 5.74) is 0. The van der Waals surface area contributed by atoms with Gasteiger partial charge in [0.2, 0.25) is 0 Å². The van der Waals surface area contributed by atoms with Crippen LogP contribution in [0.1, 0.15) is 168 Å². The molecule has 0 bridgehead atoms. The lowest BCUT2D eigenvalue weighted by molar-refractivity contribution is -0.150. The predicted octanol–water partition coefficient (Wildman–Crippen LogP) is 12.2. The van der Waals surface area contributed by atoms with E-state index >= 15 is 0 Å². The Labute approximate surface area is 265 Å². The van der Waals surface area contributed by atoms with Gasteiger partial charge in [-0.05, 0) is 77.0 Å². The highest BCUT2D eigenvalue weighted by Gasteiger charge is 2.13. The van der Waals surface area contributed by atoms with Crippen molar-refractivity contribution >= 4 is 11.9 Å². The Morgan fingerprint density at radius 3 is 1.49 bits per heavy atom. The molecule has 0 aliphatic carbocycles. The lowest BCUT2D eigenvalue weighted by atomic mass is 10.0. The van der Waals surface area contributed by atoms with Crippen LogP contribution in [-0.4, -0.2) is 23.1 Å². The minimum atomic E-state index is -0.689. The van der Waals surface area contributed by atoms with Crippen LogP contribution in [0.3, 0.4) is 0 Å². The fraction of sp³-hybridized carbons (Fsp3) is 0.692. The van der Waals surface area contributed by atoms with Crippen LogP contribution in [0, 0.1) is 0 Å². The molecule has 0 radical (unpaired) electrons. The van der Waals surface area contributed by atoms with Crippen LogP contribution >= 0.6 is 0 Å². The summed E-state index contributed by atoms with van der Waals surface area (Å²) in [5.74, 6) is -0.704. The topological polar surface area (TPSA) is 63.6 Å². The van der Waals surface area contributed by atoms with Gasteiger partial charge in [0.25, 0.3) is 0 Å². The molecule has 0 aromatic carbocycles. The molecule has 246 valence electrons. The number of hydrogen-bond acceptors (Lipinski definition) is 3. The second kappa shape index (κ2) is 34.1. The number of aliphatic carboxylic acids is 1. The quantitative estimate of drug-likeness (QED) is 0.0490. The SMILES string of the molecule is CC/C=C\C/C=C\C/C=C\C/C=C\C/C=C\CCCCCCCC(=O)OC(CCC)CCCCCCCCCCC(=O)O.